The standard InChI is InChI=1S/C6H8FN3O2.C5H8FN3O.C5H9N3O.CH4.Al.Li.4H/c1-10-8-4(3-7)5(9-10)6(11)12-2;1-9-7-4(2-6)5(3-10)8-9;1-4-5(3-9)7-8(2)6-4;;;;;;;/h3H2,1-2H3;10H,2-3H2,1H3;9H,3H2,1-2H3;1H4;;;;;;/q;;;;;+1;;;;-1. The summed E-state index contributed by atoms with van der Waals surface area (Å²) < 4.78 is 28.5. The number of hydrogen-bond donors (Lipinski definition) is 2. The van der Waals surface area contributed by atoms with Gasteiger partial charge in [-0.15, -0.1) is 5.10 Å². The Morgan fingerprint density at radius 1 is 0.853 bits per heavy atom. The topological polar surface area (TPSA) is 159 Å². The van der Waals surface area contributed by atoms with E-state index in [2.05, 4.69) is 35.3 Å². The fourth-order valence-corrected chi connectivity index (χ4v) is 2.20. The molecular weight excluding hydrogens is 466 g/mol. The van der Waals surface area contributed by atoms with Gasteiger partial charge in [0.1, 0.15) is 36.1 Å². The van der Waals surface area contributed by atoms with Crippen LogP contribution in [0.5, 0.6) is 0 Å². The predicted octanol–water partition coefficient (Wildman–Crippen LogP) is -3.97. The molecule has 0 bridgehead atoms. The molecule has 0 aliphatic carbocycles. The molecule has 0 aromatic carbocycles. The molecule has 3 aromatic heterocycles. The number of aryl methyl sites for hydroxylation is 4. The first-order chi connectivity index (χ1) is 14.7. The van der Waals surface area contributed by atoms with E-state index in [9.17, 15) is 13.6 Å². The van der Waals surface area contributed by atoms with Gasteiger partial charge >= 0.3 is 24.8 Å². The second-order valence-corrected chi connectivity index (χ2v) is 5.86. The van der Waals surface area contributed by atoms with Crippen molar-refractivity contribution in [2.24, 2.45) is 21.1 Å². The van der Waals surface area contributed by atoms with E-state index in [1.165, 1.54) is 23.8 Å². The first-order valence-corrected chi connectivity index (χ1v) is 8.78. The fraction of sp³-hybridized carbons (Fsp3) is 0.588. The molecule has 17 heteroatoms. The summed E-state index contributed by atoms with van der Waals surface area (Å²) in [4.78, 5) is 14.7. The molecule has 0 saturated carbocycles. The molecule has 3 aromatic rings. The normalized spacial score (nSPS) is 9.21. The summed E-state index contributed by atoms with van der Waals surface area (Å²) in [5.41, 5.74) is 1.90. The minimum atomic E-state index is -0.821. The third-order valence-electron chi connectivity index (χ3n) is 3.56. The molecule has 2 N–H and O–H groups in total. The molecule has 0 aliphatic heterocycles. The SMILES string of the molecule is C.COC(=O)c1nn(C)nc1CF.Cc1nn(C)nc1CO.Cn1nc(CO)c(CF)n1.[AlH3].[H-].[Li+]. The van der Waals surface area contributed by atoms with Crippen LogP contribution in [-0.4, -0.2) is 85.6 Å². The van der Waals surface area contributed by atoms with E-state index in [1.807, 2.05) is 6.92 Å². The molecule has 3 rings (SSSR count). The summed E-state index contributed by atoms with van der Waals surface area (Å²) >= 11 is 0. The van der Waals surface area contributed by atoms with Crippen LogP contribution in [0.2, 0.25) is 0 Å². The van der Waals surface area contributed by atoms with E-state index in [-0.39, 0.29) is 75.4 Å². The predicted molar refractivity (Wildman–Crippen MR) is 118 cm³/mol. The summed E-state index contributed by atoms with van der Waals surface area (Å²) in [6.45, 7) is 0.0350. The van der Waals surface area contributed by atoms with E-state index < -0.39 is 19.3 Å². The van der Waals surface area contributed by atoms with Gasteiger partial charge in [0, 0.05) is 21.1 Å². The van der Waals surface area contributed by atoms with Crippen molar-refractivity contribution < 1.29 is 48.8 Å². The van der Waals surface area contributed by atoms with Crippen LogP contribution in [0.3, 0.4) is 0 Å². The summed E-state index contributed by atoms with van der Waals surface area (Å²) in [7, 11) is 6.02. The van der Waals surface area contributed by atoms with Crippen LogP contribution >= 0.6 is 0 Å². The number of rotatable bonds is 5. The molecule has 3 heterocycles. The number of ether oxygens (including phenoxy) is 1. The average Bonchev–Trinajstić information content (AvgIpc) is 3.43. The van der Waals surface area contributed by atoms with Gasteiger partial charge in [0.2, 0.25) is 0 Å². The number of halogens is 2. The van der Waals surface area contributed by atoms with Crippen molar-refractivity contribution >= 4 is 23.3 Å². The minimum Gasteiger partial charge on any atom is -1.00 e. The van der Waals surface area contributed by atoms with Crippen molar-refractivity contribution in [2.75, 3.05) is 7.11 Å². The number of hydrogen-bond acceptors (Lipinski definition) is 10. The van der Waals surface area contributed by atoms with Gasteiger partial charge in [0.05, 0.1) is 26.0 Å². The van der Waals surface area contributed by atoms with Crippen LogP contribution in [0.25, 0.3) is 0 Å². The van der Waals surface area contributed by atoms with Crippen molar-refractivity contribution in [1.82, 2.24) is 45.0 Å². The number of carbonyl (C=O) groups is 1. The Morgan fingerprint density at radius 2 is 1.26 bits per heavy atom. The number of esters is 1. The van der Waals surface area contributed by atoms with Crippen molar-refractivity contribution in [3.05, 3.63) is 34.2 Å². The number of nitrogens with zero attached hydrogens (tertiary/aromatic N) is 9. The van der Waals surface area contributed by atoms with Crippen LogP contribution in [0, 0.1) is 6.92 Å². The second kappa shape index (κ2) is 18.2. The fourth-order valence-electron chi connectivity index (χ4n) is 2.20. The molecule has 0 unspecified atom stereocenters. The van der Waals surface area contributed by atoms with E-state index >= 15 is 0 Å². The number of carbonyl (C=O) groups excluding carboxylic acids is 1. The third-order valence-corrected chi connectivity index (χ3v) is 3.56. The Hall–Kier alpha value is -2.20. The summed E-state index contributed by atoms with van der Waals surface area (Å²) in [6, 6.07) is 0. The summed E-state index contributed by atoms with van der Waals surface area (Å²) in [6.07, 6.45) is 0. The molecule has 0 fully saturated rings. The average molecular weight is 499 g/mol. The van der Waals surface area contributed by atoms with E-state index in [0.717, 1.165) is 10.5 Å². The van der Waals surface area contributed by atoms with Crippen molar-refractivity contribution in [2.45, 2.75) is 40.9 Å². The van der Waals surface area contributed by atoms with Gasteiger partial charge < -0.3 is 16.4 Å². The van der Waals surface area contributed by atoms with Crippen molar-refractivity contribution in [3.8, 4) is 0 Å². The maximum absolute atomic E-state index is 12.2. The number of methoxy groups -OCH3 is 1. The maximum atomic E-state index is 12.2. The number of aliphatic hydroxyl groups excluding tert-OH is 2. The molecule has 34 heavy (non-hydrogen) atoms. The zero-order valence-corrected chi connectivity index (χ0v) is 18.8. The van der Waals surface area contributed by atoms with Crippen LogP contribution in [0.1, 0.15) is 47.8 Å². The monoisotopic (exact) mass is 499 g/mol. The molecule has 0 saturated heterocycles. The smallest absolute Gasteiger partial charge is 1.00 e. The van der Waals surface area contributed by atoms with Crippen LogP contribution in [0.15, 0.2) is 0 Å². The number of aromatic nitrogens is 9. The van der Waals surface area contributed by atoms with Crippen LogP contribution in [-0.2, 0) is 52.4 Å². The van der Waals surface area contributed by atoms with Gasteiger partial charge in [-0.1, -0.05) is 7.43 Å². The van der Waals surface area contributed by atoms with Crippen molar-refractivity contribution in [1.29, 1.82) is 0 Å². The van der Waals surface area contributed by atoms with Crippen LogP contribution < -0.4 is 18.9 Å². The van der Waals surface area contributed by atoms with Gasteiger partial charge in [0.25, 0.3) is 0 Å². The second-order valence-electron chi connectivity index (χ2n) is 5.86. The minimum absolute atomic E-state index is 0. The van der Waals surface area contributed by atoms with Gasteiger partial charge in [-0.05, 0) is 6.92 Å². The summed E-state index contributed by atoms with van der Waals surface area (Å²) in [5, 5.41) is 39.7. The van der Waals surface area contributed by atoms with E-state index in [4.69, 9.17) is 10.2 Å². The van der Waals surface area contributed by atoms with E-state index in [0.29, 0.717) is 11.4 Å². The van der Waals surface area contributed by atoms with Gasteiger partial charge in [0.15, 0.2) is 23.1 Å². The maximum Gasteiger partial charge on any atom is 1.00 e. The van der Waals surface area contributed by atoms with E-state index in [1.54, 1.807) is 14.1 Å². The summed E-state index contributed by atoms with van der Waals surface area (Å²) in [5.74, 6) is -0.671. The first-order valence-electron chi connectivity index (χ1n) is 8.78. The quantitative estimate of drug-likeness (QED) is 0.262. The first kappa shape index (κ1) is 36.4. The Kier molecular flexibility index (Phi) is 19.4. The number of aliphatic hydroxyl groups is 2. The van der Waals surface area contributed by atoms with Crippen molar-refractivity contribution in [3.63, 3.8) is 0 Å². The molecule has 13 nitrogen and oxygen atoms in total. The molecule has 0 spiro atoms. The van der Waals surface area contributed by atoms with Gasteiger partial charge in [-0.25, -0.2) is 13.6 Å². The Labute approximate surface area is 220 Å². The Bertz CT molecular complexity index is 970. The molecule has 0 radical (unpaired) electrons. The molecule has 188 valence electrons. The Morgan fingerprint density at radius 3 is 1.62 bits per heavy atom. The van der Waals surface area contributed by atoms with Gasteiger partial charge in [-0.3, -0.25) is 0 Å². The molecule has 0 amide bonds. The number of alkyl halides is 2. The third kappa shape index (κ3) is 10.8. The largest absolute Gasteiger partial charge is 1.00 e. The Balaban J connectivity index is -0.000000197. The van der Waals surface area contributed by atoms with Gasteiger partial charge in [-0.2, -0.15) is 39.9 Å². The van der Waals surface area contributed by atoms with Crippen LogP contribution in [0.4, 0.5) is 8.78 Å². The zero-order valence-electron chi connectivity index (χ0n) is 19.8. The zero-order chi connectivity index (χ0) is 23.6. The molecular formula is C17H33AlF2LiN9O4. The molecule has 0 atom stereocenters. The molecule has 0 aliphatic rings.